The third-order valence-corrected chi connectivity index (χ3v) is 3.88. The van der Waals surface area contributed by atoms with Crippen molar-refractivity contribution in [2.24, 2.45) is 0 Å². The summed E-state index contributed by atoms with van der Waals surface area (Å²) < 4.78 is 5.32. The van der Waals surface area contributed by atoms with Gasteiger partial charge in [0.25, 0.3) is 5.56 Å². The summed E-state index contributed by atoms with van der Waals surface area (Å²) in [6.07, 6.45) is 3.03. The lowest BCUT2D eigenvalue weighted by Crippen LogP contribution is -2.20. The maximum atomic E-state index is 12.0. The van der Waals surface area contributed by atoms with Crippen molar-refractivity contribution in [3.05, 3.63) is 39.4 Å². The number of aromatic nitrogens is 3. The van der Waals surface area contributed by atoms with Gasteiger partial charge in [0.1, 0.15) is 10.8 Å². The van der Waals surface area contributed by atoms with Gasteiger partial charge in [-0.3, -0.25) is 4.79 Å². The second-order valence-corrected chi connectivity index (χ2v) is 5.28. The SMILES string of the molecule is O=c1[nH]c(-c2ccnc(O)c2)nc(C2CCOCC2)c1Cl. The van der Waals surface area contributed by atoms with Crippen LogP contribution in [0.2, 0.25) is 5.02 Å². The molecule has 7 heteroatoms. The van der Waals surface area contributed by atoms with Crippen molar-refractivity contribution >= 4 is 11.6 Å². The number of H-pyrrole nitrogens is 1. The van der Waals surface area contributed by atoms with Gasteiger partial charge in [0.2, 0.25) is 5.88 Å². The molecule has 3 heterocycles. The van der Waals surface area contributed by atoms with E-state index in [9.17, 15) is 9.90 Å². The van der Waals surface area contributed by atoms with E-state index in [1.54, 1.807) is 6.07 Å². The molecule has 2 N–H and O–H groups in total. The number of hydrogen-bond donors (Lipinski definition) is 2. The highest BCUT2D eigenvalue weighted by Gasteiger charge is 2.22. The second kappa shape index (κ2) is 5.83. The molecule has 6 nitrogen and oxygen atoms in total. The standard InChI is InChI=1S/C14H14ClN3O3/c15-11-12(8-2-5-21-6-3-8)17-13(18-14(11)20)9-1-4-16-10(19)7-9/h1,4,7-8H,2-3,5-6H2,(H,16,19)(H,17,18,20). The van der Waals surface area contributed by atoms with Gasteiger partial charge in [0, 0.05) is 37.0 Å². The van der Waals surface area contributed by atoms with Crippen LogP contribution in [0, 0.1) is 0 Å². The zero-order chi connectivity index (χ0) is 14.8. The molecule has 0 aliphatic carbocycles. The summed E-state index contributed by atoms with van der Waals surface area (Å²) in [5.41, 5.74) is 0.805. The van der Waals surface area contributed by atoms with E-state index in [4.69, 9.17) is 16.3 Å². The molecule has 110 valence electrons. The number of nitrogens with one attached hydrogen (secondary N) is 1. The fraction of sp³-hybridized carbons (Fsp3) is 0.357. The van der Waals surface area contributed by atoms with Gasteiger partial charge < -0.3 is 14.8 Å². The van der Waals surface area contributed by atoms with Crippen LogP contribution in [0.1, 0.15) is 24.5 Å². The quantitative estimate of drug-likeness (QED) is 0.887. The van der Waals surface area contributed by atoms with E-state index in [1.165, 1.54) is 12.3 Å². The molecular weight excluding hydrogens is 294 g/mol. The fourth-order valence-corrected chi connectivity index (χ4v) is 2.66. The van der Waals surface area contributed by atoms with Gasteiger partial charge in [0.05, 0.1) is 5.69 Å². The molecule has 21 heavy (non-hydrogen) atoms. The smallest absolute Gasteiger partial charge is 0.270 e. The van der Waals surface area contributed by atoms with Gasteiger partial charge in [-0.25, -0.2) is 9.97 Å². The average Bonchev–Trinajstić information content (AvgIpc) is 2.51. The molecule has 2 aromatic heterocycles. The summed E-state index contributed by atoms with van der Waals surface area (Å²) in [7, 11) is 0. The number of hydrogen-bond acceptors (Lipinski definition) is 5. The highest BCUT2D eigenvalue weighted by molar-refractivity contribution is 6.31. The zero-order valence-corrected chi connectivity index (χ0v) is 11.9. The summed E-state index contributed by atoms with van der Waals surface area (Å²) in [4.78, 5) is 22.9. The van der Waals surface area contributed by atoms with Gasteiger partial charge in [-0.2, -0.15) is 0 Å². The normalized spacial score (nSPS) is 16.0. The van der Waals surface area contributed by atoms with Crippen molar-refractivity contribution in [3.63, 3.8) is 0 Å². The average molecular weight is 308 g/mol. The lowest BCUT2D eigenvalue weighted by molar-refractivity contribution is 0.0845. The largest absolute Gasteiger partial charge is 0.493 e. The van der Waals surface area contributed by atoms with E-state index in [0.717, 1.165) is 12.8 Å². The Morgan fingerprint density at radius 3 is 2.86 bits per heavy atom. The van der Waals surface area contributed by atoms with Gasteiger partial charge in [-0.05, 0) is 18.9 Å². The highest BCUT2D eigenvalue weighted by Crippen LogP contribution is 2.30. The lowest BCUT2D eigenvalue weighted by Gasteiger charge is -2.22. The van der Waals surface area contributed by atoms with E-state index in [-0.39, 0.29) is 22.4 Å². The van der Waals surface area contributed by atoms with Crippen molar-refractivity contribution in [1.29, 1.82) is 0 Å². The molecule has 0 aromatic carbocycles. The molecular formula is C14H14ClN3O3. The third kappa shape index (κ3) is 2.91. The molecule has 0 bridgehead atoms. The van der Waals surface area contributed by atoms with Gasteiger partial charge in [-0.15, -0.1) is 0 Å². The number of pyridine rings is 1. The van der Waals surface area contributed by atoms with Crippen LogP contribution < -0.4 is 5.56 Å². The summed E-state index contributed by atoms with van der Waals surface area (Å²) in [6, 6.07) is 3.11. The molecule has 0 unspecified atom stereocenters. The maximum Gasteiger partial charge on any atom is 0.270 e. The van der Waals surface area contributed by atoms with Crippen LogP contribution in [0.25, 0.3) is 11.4 Å². The maximum absolute atomic E-state index is 12.0. The van der Waals surface area contributed by atoms with Gasteiger partial charge in [0.15, 0.2) is 0 Å². The Morgan fingerprint density at radius 1 is 1.38 bits per heavy atom. The van der Waals surface area contributed by atoms with Gasteiger partial charge in [-0.1, -0.05) is 11.6 Å². The molecule has 2 aromatic rings. The van der Waals surface area contributed by atoms with Crippen molar-refractivity contribution in [2.75, 3.05) is 13.2 Å². The van der Waals surface area contributed by atoms with E-state index in [0.29, 0.717) is 30.3 Å². The molecule has 1 aliphatic rings. The molecule has 3 rings (SSSR count). The molecule has 0 atom stereocenters. The summed E-state index contributed by atoms with van der Waals surface area (Å²) in [5, 5.41) is 9.57. The highest BCUT2D eigenvalue weighted by atomic mass is 35.5. The molecule has 0 saturated carbocycles. The number of ether oxygens (including phenoxy) is 1. The minimum Gasteiger partial charge on any atom is -0.493 e. The number of nitrogens with zero attached hydrogens (tertiary/aromatic N) is 2. The van der Waals surface area contributed by atoms with E-state index in [1.807, 2.05) is 0 Å². The van der Waals surface area contributed by atoms with Crippen LogP contribution in [0.15, 0.2) is 23.1 Å². The minimum atomic E-state index is -0.375. The minimum absolute atomic E-state index is 0.114. The zero-order valence-electron chi connectivity index (χ0n) is 11.2. The van der Waals surface area contributed by atoms with E-state index in [2.05, 4.69) is 15.0 Å². The van der Waals surface area contributed by atoms with Gasteiger partial charge >= 0.3 is 0 Å². The van der Waals surface area contributed by atoms with Crippen molar-refractivity contribution in [1.82, 2.24) is 15.0 Å². The van der Waals surface area contributed by atoms with Crippen molar-refractivity contribution < 1.29 is 9.84 Å². The second-order valence-electron chi connectivity index (χ2n) is 4.90. The Kier molecular flexibility index (Phi) is 3.90. The topological polar surface area (TPSA) is 88.1 Å². The first kappa shape index (κ1) is 14.0. The monoisotopic (exact) mass is 307 g/mol. The molecule has 0 amide bonds. The van der Waals surface area contributed by atoms with Crippen LogP contribution in [0.3, 0.4) is 0 Å². The number of halogens is 1. The van der Waals surface area contributed by atoms with Crippen LogP contribution in [-0.2, 0) is 4.74 Å². The first-order valence-corrected chi connectivity index (χ1v) is 7.06. The number of rotatable bonds is 2. The van der Waals surface area contributed by atoms with Crippen LogP contribution >= 0.6 is 11.6 Å². The lowest BCUT2D eigenvalue weighted by atomic mass is 9.96. The van der Waals surface area contributed by atoms with Crippen LogP contribution in [0.5, 0.6) is 5.88 Å². The molecule has 1 saturated heterocycles. The fourth-order valence-electron chi connectivity index (χ4n) is 2.42. The van der Waals surface area contributed by atoms with Crippen molar-refractivity contribution in [3.8, 4) is 17.3 Å². The van der Waals surface area contributed by atoms with Crippen LogP contribution in [0.4, 0.5) is 0 Å². The Morgan fingerprint density at radius 2 is 2.14 bits per heavy atom. The summed E-state index contributed by atoms with van der Waals surface area (Å²) >= 11 is 6.11. The van der Waals surface area contributed by atoms with Crippen molar-refractivity contribution in [2.45, 2.75) is 18.8 Å². The van der Waals surface area contributed by atoms with E-state index < -0.39 is 0 Å². The van der Waals surface area contributed by atoms with E-state index >= 15 is 0 Å². The Bertz CT molecular complexity index is 711. The molecule has 1 fully saturated rings. The Labute approximate surface area is 125 Å². The summed E-state index contributed by atoms with van der Waals surface area (Å²) in [6.45, 7) is 1.28. The predicted molar refractivity (Wildman–Crippen MR) is 77.6 cm³/mol. The Hall–Kier alpha value is -1.92. The first-order valence-electron chi connectivity index (χ1n) is 6.68. The summed E-state index contributed by atoms with van der Waals surface area (Å²) in [5.74, 6) is 0.365. The molecule has 0 radical (unpaired) electrons. The number of aromatic amines is 1. The predicted octanol–water partition coefficient (Wildman–Crippen LogP) is 2.08. The Balaban J connectivity index is 2.07. The number of aromatic hydroxyl groups is 1. The molecule has 0 spiro atoms. The molecule has 1 aliphatic heterocycles. The third-order valence-electron chi connectivity index (χ3n) is 3.52. The van der Waals surface area contributed by atoms with Crippen LogP contribution in [-0.4, -0.2) is 33.3 Å². The first-order chi connectivity index (χ1) is 10.1.